The Bertz CT molecular complexity index is 444. The summed E-state index contributed by atoms with van der Waals surface area (Å²) in [7, 11) is 0. The number of rotatable bonds is 4. The minimum atomic E-state index is 0.0622. The molecule has 0 amide bonds. The van der Waals surface area contributed by atoms with Crippen LogP contribution in [0, 0.1) is 0 Å². The van der Waals surface area contributed by atoms with Crippen LogP contribution in [0.3, 0.4) is 0 Å². The molecule has 80 valence electrons. The van der Waals surface area contributed by atoms with E-state index in [0.29, 0.717) is 29.0 Å². The van der Waals surface area contributed by atoms with Gasteiger partial charge in [0.15, 0.2) is 0 Å². The summed E-state index contributed by atoms with van der Waals surface area (Å²) in [4.78, 5) is 15.8. The monoisotopic (exact) mass is 342 g/mol. The molecule has 3 heteroatoms. The zero-order valence-electron chi connectivity index (χ0n) is 8.50. The summed E-state index contributed by atoms with van der Waals surface area (Å²) >= 11 is 0.836. The zero-order chi connectivity index (χ0) is 11.2. The second kappa shape index (κ2) is 6.03. The molecule has 2 heterocycles. The predicted octanol–water partition coefficient (Wildman–Crippen LogP) is 2.10. The Morgan fingerprint density at radius 3 is 1.81 bits per heavy atom. The maximum atomic E-state index is 11.5. The Balaban J connectivity index is 1.94. The van der Waals surface area contributed by atoms with Gasteiger partial charge < -0.3 is 0 Å². The molecule has 0 bridgehead atoms. The fraction of sp³-hybridized carbons (Fsp3) is 0. The molecule has 2 rings (SSSR count). The van der Waals surface area contributed by atoms with E-state index in [2.05, 4.69) is 22.0 Å². The second-order valence-corrected chi connectivity index (χ2v) is 7.21. The molecule has 2 aromatic heterocycles. The van der Waals surface area contributed by atoms with Gasteiger partial charge in [-0.2, -0.15) is 0 Å². The molecular formula is C13H10OSe2. The molecule has 0 radical (unpaired) electrons. The predicted molar refractivity (Wildman–Crippen MR) is 69.8 cm³/mol. The molecule has 0 saturated carbocycles. The fourth-order valence-corrected chi connectivity index (χ4v) is 3.75. The quantitative estimate of drug-likeness (QED) is 0.615. The van der Waals surface area contributed by atoms with Gasteiger partial charge in [-0.1, -0.05) is 0 Å². The van der Waals surface area contributed by atoms with E-state index in [1.165, 1.54) is 8.87 Å². The van der Waals surface area contributed by atoms with Crippen LogP contribution in [0.5, 0.6) is 0 Å². The molecule has 2 aromatic rings. The normalized spacial score (nSPS) is 11.5. The number of ketones is 1. The van der Waals surface area contributed by atoms with Crippen LogP contribution in [-0.2, 0) is 4.79 Å². The first-order valence-electron chi connectivity index (χ1n) is 4.82. The van der Waals surface area contributed by atoms with Crippen molar-refractivity contribution in [1.29, 1.82) is 0 Å². The fourth-order valence-electron chi connectivity index (χ4n) is 1.16. The maximum absolute atomic E-state index is 11.5. The molecule has 0 saturated heterocycles. The Hall–Kier alpha value is -0.851. The van der Waals surface area contributed by atoms with Crippen LogP contribution in [0.15, 0.2) is 46.3 Å². The van der Waals surface area contributed by atoms with Gasteiger partial charge in [0.05, 0.1) is 0 Å². The summed E-state index contributed by atoms with van der Waals surface area (Å²) in [6.07, 6.45) is 7.12. The Morgan fingerprint density at radius 2 is 1.44 bits per heavy atom. The summed E-state index contributed by atoms with van der Waals surface area (Å²) in [5.74, 6) is 0.0622. The third kappa shape index (κ3) is 3.62. The van der Waals surface area contributed by atoms with Gasteiger partial charge in [-0.3, -0.25) is 0 Å². The first-order chi connectivity index (χ1) is 7.84. The number of hydrogen-bond acceptors (Lipinski definition) is 1. The molecule has 0 atom stereocenters. The van der Waals surface area contributed by atoms with Gasteiger partial charge in [0.2, 0.25) is 0 Å². The van der Waals surface area contributed by atoms with Crippen molar-refractivity contribution in [2.45, 2.75) is 0 Å². The molecule has 1 nitrogen and oxygen atoms in total. The standard InChI is InChI=1S/C13H10OSe2/c14-11(5-7-12-3-1-9-15-12)6-8-13-4-2-10-16-13/h1-10H/b7-5+,8-6+. The van der Waals surface area contributed by atoms with Crippen molar-refractivity contribution in [3.8, 4) is 0 Å². The van der Waals surface area contributed by atoms with Crippen molar-refractivity contribution in [2.75, 3.05) is 0 Å². The first kappa shape index (κ1) is 11.6. The van der Waals surface area contributed by atoms with Crippen molar-refractivity contribution >= 4 is 46.9 Å². The van der Waals surface area contributed by atoms with E-state index in [0.717, 1.165) is 0 Å². The summed E-state index contributed by atoms with van der Waals surface area (Å²) in [6, 6.07) is 8.19. The Labute approximate surface area is 107 Å². The zero-order valence-corrected chi connectivity index (χ0v) is 11.9. The molecule has 0 spiro atoms. The topological polar surface area (TPSA) is 17.1 Å². The van der Waals surface area contributed by atoms with Gasteiger partial charge in [0.25, 0.3) is 0 Å². The number of hydrogen-bond donors (Lipinski definition) is 0. The van der Waals surface area contributed by atoms with Crippen LogP contribution in [-0.4, -0.2) is 34.8 Å². The summed E-state index contributed by atoms with van der Waals surface area (Å²) in [6.45, 7) is 0. The molecule has 0 aromatic carbocycles. The van der Waals surface area contributed by atoms with Crippen molar-refractivity contribution in [2.24, 2.45) is 0 Å². The van der Waals surface area contributed by atoms with Crippen LogP contribution in [0.2, 0.25) is 0 Å². The van der Waals surface area contributed by atoms with Gasteiger partial charge >= 0.3 is 107 Å². The molecule has 0 N–H and O–H groups in total. The first-order valence-corrected chi connectivity index (χ1v) is 8.51. The Morgan fingerprint density at radius 1 is 0.938 bits per heavy atom. The SMILES string of the molecule is O=C(/C=C/c1ccc[se]1)/C=C/c1ccc[se]1. The van der Waals surface area contributed by atoms with Gasteiger partial charge in [-0.05, 0) is 0 Å². The molecule has 0 fully saturated rings. The van der Waals surface area contributed by atoms with Gasteiger partial charge in [-0.15, -0.1) is 0 Å². The van der Waals surface area contributed by atoms with E-state index in [9.17, 15) is 4.79 Å². The van der Waals surface area contributed by atoms with Crippen molar-refractivity contribution in [3.05, 3.63) is 55.2 Å². The number of carbonyl (C=O) groups is 1. The van der Waals surface area contributed by atoms with Gasteiger partial charge in [0.1, 0.15) is 0 Å². The second-order valence-electron chi connectivity index (χ2n) is 3.10. The van der Waals surface area contributed by atoms with Crippen LogP contribution in [0.25, 0.3) is 12.2 Å². The molecule has 0 aliphatic heterocycles. The van der Waals surface area contributed by atoms with Crippen LogP contribution >= 0.6 is 0 Å². The van der Waals surface area contributed by atoms with E-state index in [-0.39, 0.29) is 5.78 Å². The molecule has 16 heavy (non-hydrogen) atoms. The molecule has 0 unspecified atom stereocenters. The summed E-state index contributed by atoms with van der Waals surface area (Å²) in [5.41, 5.74) is 0. The van der Waals surface area contributed by atoms with Crippen LogP contribution in [0.1, 0.15) is 8.87 Å². The van der Waals surface area contributed by atoms with Crippen LogP contribution in [0.4, 0.5) is 0 Å². The van der Waals surface area contributed by atoms with Gasteiger partial charge in [-0.25, -0.2) is 0 Å². The van der Waals surface area contributed by atoms with Crippen LogP contribution < -0.4 is 0 Å². The van der Waals surface area contributed by atoms with E-state index in [1.54, 1.807) is 12.2 Å². The van der Waals surface area contributed by atoms with Crippen molar-refractivity contribution < 1.29 is 4.79 Å². The minimum absolute atomic E-state index is 0.0622. The number of allylic oxidation sites excluding steroid dienone is 2. The van der Waals surface area contributed by atoms with Gasteiger partial charge in [0, 0.05) is 0 Å². The van der Waals surface area contributed by atoms with E-state index < -0.39 is 0 Å². The van der Waals surface area contributed by atoms with E-state index in [1.807, 2.05) is 24.3 Å². The Kier molecular flexibility index (Phi) is 4.38. The van der Waals surface area contributed by atoms with Crippen molar-refractivity contribution in [3.63, 3.8) is 0 Å². The molecule has 0 aliphatic carbocycles. The third-order valence-electron chi connectivity index (χ3n) is 1.91. The summed E-state index contributed by atoms with van der Waals surface area (Å²) in [5, 5.41) is 0. The average molecular weight is 340 g/mol. The summed E-state index contributed by atoms with van der Waals surface area (Å²) < 4.78 is 2.50. The average Bonchev–Trinajstić information content (AvgIpc) is 2.96. The molecular weight excluding hydrogens is 330 g/mol. The van der Waals surface area contributed by atoms with E-state index >= 15 is 0 Å². The molecule has 0 aliphatic rings. The van der Waals surface area contributed by atoms with Crippen molar-refractivity contribution in [1.82, 2.24) is 0 Å². The third-order valence-corrected chi connectivity index (χ3v) is 5.42. The van der Waals surface area contributed by atoms with E-state index in [4.69, 9.17) is 0 Å². The number of carbonyl (C=O) groups excluding carboxylic acids is 1.